The van der Waals surface area contributed by atoms with Gasteiger partial charge in [0.15, 0.2) is 5.13 Å². The summed E-state index contributed by atoms with van der Waals surface area (Å²) in [5, 5.41) is 12.8. The second-order valence-electron chi connectivity index (χ2n) is 7.15. The highest BCUT2D eigenvalue weighted by Crippen LogP contribution is 2.35. The predicted molar refractivity (Wildman–Crippen MR) is 123 cm³/mol. The van der Waals surface area contributed by atoms with E-state index in [0.717, 1.165) is 24.4 Å². The number of hydrogen-bond acceptors (Lipinski definition) is 7. The molecule has 1 saturated heterocycles. The van der Waals surface area contributed by atoms with E-state index in [1.54, 1.807) is 6.92 Å². The number of carbonyl (C=O) groups excluding carboxylic acids is 1. The normalized spacial score (nSPS) is 14.6. The number of aromatic carboxylic acids is 1. The number of aryl methyl sites for hydroxylation is 1. The van der Waals surface area contributed by atoms with Gasteiger partial charge in [0.1, 0.15) is 23.6 Å². The van der Waals surface area contributed by atoms with Gasteiger partial charge in [-0.15, -0.1) is 0 Å². The molecule has 4 rings (SSSR count). The minimum absolute atomic E-state index is 0.0789. The molecular formula is C20H20Cl2N4O5S. The molecule has 3 aromatic rings. The van der Waals surface area contributed by atoms with Crippen molar-refractivity contribution >= 4 is 61.8 Å². The Bertz CT molecular complexity index is 1170. The minimum Gasteiger partial charge on any atom is -0.490 e. The number of H-pyrrole nitrogens is 1. The molecule has 170 valence electrons. The van der Waals surface area contributed by atoms with Gasteiger partial charge in [-0.1, -0.05) is 34.5 Å². The maximum atomic E-state index is 12.6. The lowest BCUT2D eigenvalue weighted by Crippen LogP contribution is -2.38. The highest BCUT2D eigenvalue weighted by molar-refractivity contribution is 7.22. The number of hydrogen-bond donors (Lipinski definition) is 3. The Balaban J connectivity index is 1.55. The van der Waals surface area contributed by atoms with E-state index in [4.69, 9.17) is 32.7 Å². The van der Waals surface area contributed by atoms with E-state index in [9.17, 15) is 14.7 Å². The average Bonchev–Trinajstić information content (AvgIpc) is 3.29. The van der Waals surface area contributed by atoms with E-state index in [1.807, 2.05) is 0 Å². The minimum atomic E-state index is -1.08. The molecule has 0 spiro atoms. The van der Waals surface area contributed by atoms with Gasteiger partial charge in [-0.3, -0.25) is 15.0 Å². The van der Waals surface area contributed by atoms with Gasteiger partial charge in [0, 0.05) is 25.3 Å². The van der Waals surface area contributed by atoms with Crippen LogP contribution in [-0.4, -0.2) is 71.3 Å². The molecule has 1 aliphatic rings. The quantitative estimate of drug-likeness (QED) is 0.452. The molecule has 0 radical (unpaired) electrons. The van der Waals surface area contributed by atoms with Gasteiger partial charge < -0.3 is 19.6 Å². The summed E-state index contributed by atoms with van der Waals surface area (Å²) < 4.78 is 11.8. The molecule has 2 aromatic heterocycles. The van der Waals surface area contributed by atoms with Gasteiger partial charge in [0.05, 0.1) is 33.5 Å². The van der Waals surface area contributed by atoms with Crippen LogP contribution in [0.15, 0.2) is 12.1 Å². The molecule has 3 heterocycles. The predicted octanol–water partition coefficient (Wildman–Crippen LogP) is 3.90. The van der Waals surface area contributed by atoms with Crippen molar-refractivity contribution in [1.29, 1.82) is 0 Å². The monoisotopic (exact) mass is 498 g/mol. The molecule has 32 heavy (non-hydrogen) atoms. The van der Waals surface area contributed by atoms with Gasteiger partial charge in [-0.05, 0) is 19.1 Å². The number of thiazole rings is 1. The first-order valence-electron chi connectivity index (χ1n) is 9.79. The first kappa shape index (κ1) is 22.8. The molecular weight excluding hydrogens is 479 g/mol. The number of amides is 1. The topological polar surface area (TPSA) is 117 Å². The molecule has 1 aliphatic heterocycles. The zero-order valence-electron chi connectivity index (χ0n) is 17.0. The zero-order chi connectivity index (χ0) is 22.8. The summed E-state index contributed by atoms with van der Waals surface area (Å²) in [6.45, 7) is 5.77. The van der Waals surface area contributed by atoms with Crippen molar-refractivity contribution in [1.82, 2.24) is 14.9 Å². The molecule has 12 heteroatoms. The molecule has 1 aromatic carbocycles. The molecule has 0 aliphatic carbocycles. The number of morpholine rings is 1. The second-order valence-corrected chi connectivity index (χ2v) is 8.94. The Kier molecular flexibility index (Phi) is 6.87. The zero-order valence-corrected chi connectivity index (χ0v) is 19.4. The third-order valence-electron chi connectivity index (χ3n) is 4.98. The maximum Gasteiger partial charge on any atom is 0.335 e. The summed E-state index contributed by atoms with van der Waals surface area (Å²) in [5.74, 6) is -1.23. The van der Waals surface area contributed by atoms with Crippen LogP contribution in [0.1, 0.15) is 26.5 Å². The molecule has 0 saturated carbocycles. The van der Waals surface area contributed by atoms with Crippen molar-refractivity contribution in [3.63, 3.8) is 0 Å². The molecule has 0 bridgehead atoms. The van der Waals surface area contributed by atoms with Crippen LogP contribution >= 0.6 is 34.5 Å². The fraction of sp³-hybridized carbons (Fsp3) is 0.350. The SMILES string of the molecule is Cc1[nH]c(C(=O)Nc2nc3c(OCCN4CCOCC4)cc(C(=O)O)cc3s2)c(Cl)c1Cl. The summed E-state index contributed by atoms with van der Waals surface area (Å²) in [7, 11) is 0. The first-order chi connectivity index (χ1) is 15.3. The maximum absolute atomic E-state index is 12.6. The van der Waals surface area contributed by atoms with Gasteiger partial charge in [-0.2, -0.15) is 0 Å². The van der Waals surface area contributed by atoms with Crippen molar-refractivity contribution < 1.29 is 24.2 Å². The molecule has 0 unspecified atom stereocenters. The smallest absolute Gasteiger partial charge is 0.335 e. The van der Waals surface area contributed by atoms with Crippen LogP contribution in [0.3, 0.4) is 0 Å². The number of rotatable bonds is 7. The lowest BCUT2D eigenvalue weighted by molar-refractivity contribution is 0.0323. The van der Waals surface area contributed by atoms with Crippen LogP contribution in [0.4, 0.5) is 5.13 Å². The van der Waals surface area contributed by atoms with E-state index in [0.29, 0.717) is 48.0 Å². The van der Waals surface area contributed by atoms with E-state index in [2.05, 4.69) is 20.2 Å². The number of aromatic amines is 1. The number of ether oxygens (including phenoxy) is 2. The van der Waals surface area contributed by atoms with Crippen molar-refractivity contribution in [2.75, 3.05) is 44.8 Å². The van der Waals surface area contributed by atoms with Crippen LogP contribution in [0.2, 0.25) is 10.0 Å². The number of aromatic nitrogens is 2. The van der Waals surface area contributed by atoms with Gasteiger partial charge in [-0.25, -0.2) is 9.78 Å². The fourth-order valence-corrected chi connectivity index (χ4v) is 4.62. The van der Waals surface area contributed by atoms with Crippen LogP contribution in [0.25, 0.3) is 10.2 Å². The third-order valence-corrected chi connectivity index (χ3v) is 6.84. The average molecular weight is 499 g/mol. The molecule has 0 atom stereocenters. The number of halogens is 2. The summed E-state index contributed by atoms with van der Waals surface area (Å²) >= 11 is 13.3. The van der Waals surface area contributed by atoms with Crippen LogP contribution < -0.4 is 10.1 Å². The van der Waals surface area contributed by atoms with E-state index >= 15 is 0 Å². The number of nitrogens with zero attached hydrogens (tertiary/aromatic N) is 2. The summed E-state index contributed by atoms with van der Waals surface area (Å²) in [6, 6.07) is 2.95. The van der Waals surface area contributed by atoms with Crippen LogP contribution in [0, 0.1) is 6.92 Å². The van der Waals surface area contributed by atoms with Crippen LogP contribution in [0.5, 0.6) is 5.75 Å². The van der Waals surface area contributed by atoms with Crippen molar-refractivity contribution in [3.8, 4) is 5.75 Å². The third kappa shape index (κ3) is 4.84. The van der Waals surface area contributed by atoms with Gasteiger partial charge in [0.2, 0.25) is 0 Å². The second kappa shape index (κ2) is 9.63. The number of anilines is 1. The Morgan fingerprint density at radius 3 is 2.72 bits per heavy atom. The summed E-state index contributed by atoms with van der Waals surface area (Å²) in [4.78, 5) is 33.7. The Labute approximate surface area is 197 Å². The lowest BCUT2D eigenvalue weighted by atomic mass is 10.2. The van der Waals surface area contributed by atoms with Crippen molar-refractivity contribution in [3.05, 3.63) is 39.1 Å². The largest absolute Gasteiger partial charge is 0.490 e. The Morgan fingerprint density at radius 1 is 1.31 bits per heavy atom. The number of benzene rings is 1. The van der Waals surface area contributed by atoms with E-state index < -0.39 is 11.9 Å². The Morgan fingerprint density at radius 2 is 2.06 bits per heavy atom. The number of nitrogens with one attached hydrogen (secondary N) is 2. The lowest BCUT2D eigenvalue weighted by Gasteiger charge is -2.26. The standard InChI is InChI=1S/C20H20Cl2N4O5S/c1-10-14(21)15(22)17(23-10)18(27)25-20-24-16-12(8-11(19(28)29)9-13(16)32-20)31-7-4-26-2-5-30-6-3-26/h8-9,23H,2-7H2,1H3,(H,28,29)(H,24,25,27). The molecule has 1 amide bonds. The van der Waals surface area contributed by atoms with Gasteiger partial charge >= 0.3 is 5.97 Å². The number of carbonyl (C=O) groups is 2. The number of carboxylic acids is 1. The Hall–Kier alpha value is -2.37. The van der Waals surface area contributed by atoms with Crippen LogP contribution in [-0.2, 0) is 4.74 Å². The molecule has 9 nitrogen and oxygen atoms in total. The van der Waals surface area contributed by atoms with Crippen molar-refractivity contribution in [2.45, 2.75) is 6.92 Å². The highest BCUT2D eigenvalue weighted by Gasteiger charge is 2.21. The fourth-order valence-electron chi connectivity index (χ4n) is 3.28. The summed E-state index contributed by atoms with van der Waals surface area (Å²) in [6.07, 6.45) is 0. The van der Waals surface area contributed by atoms with E-state index in [-0.39, 0.29) is 26.4 Å². The molecule has 1 fully saturated rings. The first-order valence-corrected chi connectivity index (χ1v) is 11.4. The number of carboxylic acid groups (broad SMARTS) is 1. The van der Waals surface area contributed by atoms with E-state index in [1.165, 1.54) is 12.1 Å². The highest BCUT2D eigenvalue weighted by atomic mass is 35.5. The summed E-state index contributed by atoms with van der Waals surface area (Å²) in [5.41, 5.74) is 1.26. The molecule has 3 N–H and O–H groups in total. The number of fused-ring (bicyclic) bond motifs is 1. The van der Waals surface area contributed by atoms with Crippen molar-refractivity contribution in [2.24, 2.45) is 0 Å². The van der Waals surface area contributed by atoms with Gasteiger partial charge in [0.25, 0.3) is 5.91 Å².